The maximum absolute atomic E-state index is 9.16. The molecule has 0 radical (unpaired) electrons. The summed E-state index contributed by atoms with van der Waals surface area (Å²) in [6.45, 7) is 6.46. The van der Waals surface area contributed by atoms with Crippen LogP contribution in [0.3, 0.4) is 0 Å². The van der Waals surface area contributed by atoms with E-state index in [-0.39, 0.29) is 0 Å². The van der Waals surface area contributed by atoms with Crippen LogP contribution >= 0.6 is 0 Å². The van der Waals surface area contributed by atoms with Gasteiger partial charge in [-0.3, -0.25) is 0 Å². The van der Waals surface area contributed by atoms with Gasteiger partial charge in [-0.2, -0.15) is 5.26 Å². The molecule has 1 heterocycles. The van der Waals surface area contributed by atoms with Crippen molar-refractivity contribution in [3.05, 3.63) is 0 Å². The second kappa shape index (κ2) is 3.22. The number of likely N-dealkylation sites (tertiary alicyclic amines) is 1. The van der Waals surface area contributed by atoms with E-state index in [4.69, 9.17) is 11.0 Å². The number of rotatable bonds is 1. The van der Waals surface area contributed by atoms with Crippen molar-refractivity contribution in [1.29, 1.82) is 5.26 Å². The molecule has 78 valence electrons. The van der Waals surface area contributed by atoms with E-state index in [0.29, 0.717) is 17.9 Å². The average Bonchev–Trinajstić information content (AvgIpc) is 2.40. The summed E-state index contributed by atoms with van der Waals surface area (Å²) in [5.74, 6) is 0.794. The normalized spacial score (nSPS) is 42.8. The molecule has 2 rings (SSSR count). The summed E-state index contributed by atoms with van der Waals surface area (Å²) in [5, 5.41) is 9.16. The molecule has 0 amide bonds. The monoisotopic (exact) mass is 193 g/mol. The van der Waals surface area contributed by atoms with Crippen LogP contribution in [0.15, 0.2) is 0 Å². The van der Waals surface area contributed by atoms with Gasteiger partial charge in [-0.1, -0.05) is 0 Å². The Kier molecular flexibility index (Phi) is 2.29. The predicted octanol–water partition coefficient (Wildman–Crippen LogP) is 0.958. The Balaban J connectivity index is 2.17. The second-order valence-corrected chi connectivity index (χ2v) is 5.06. The fourth-order valence-corrected chi connectivity index (χ4v) is 2.94. The average molecular weight is 193 g/mol. The molecule has 1 aliphatic heterocycles. The lowest BCUT2D eigenvalue weighted by Gasteiger charge is -2.42. The molecule has 3 nitrogen and oxygen atoms in total. The van der Waals surface area contributed by atoms with Crippen LogP contribution in [0.25, 0.3) is 0 Å². The highest BCUT2D eigenvalue weighted by Gasteiger charge is 2.52. The highest BCUT2D eigenvalue weighted by molar-refractivity contribution is 5.19. The number of nitriles is 1. The van der Waals surface area contributed by atoms with Gasteiger partial charge < -0.3 is 10.6 Å². The van der Waals surface area contributed by atoms with E-state index in [2.05, 4.69) is 24.8 Å². The first-order chi connectivity index (χ1) is 6.58. The summed E-state index contributed by atoms with van der Waals surface area (Å²) in [5.41, 5.74) is 5.66. The van der Waals surface area contributed by atoms with E-state index in [1.165, 1.54) is 0 Å². The first-order valence-corrected chi connectivity index (χ1v) is 5.52. The molecule has 0 spiro atoms. The van der Waals surface area contributed by atoms with Gasteiger partial charge in [0, 0.05) is 31.0 Å². The Morgan fingerprint density at radius 1 is 1.36 bits per heavy atom. The third-order valence-electron chi connectivity index (χ3n) is 4.05. The fourth-order valence-electron chi connectivity index (χ4n) is 2.94. The van der Waals surface area contributed by atoms with E-state index in [9.17, 15) is 0 Å². The van der Waals surface area contributed by atoms with Gasteiger partial charge in [0.05, 0.1) is 6.07 Å². The zero-order valence-corrected chi connectivity index (χ0v) is 9.03. The third kappa shape index (κ3) is 1.25. The minimum Gasteiger partial charge on any atom is -0.313 e. The Labute approximate surface area is 85.9 Å². The molecular formula is C11H19N3. The van der Waals surface area contributed by atoms with Crippen molar-refractivity contribution < 1.29 is 0 Å². The lowest BCUT2D eigenvalue weighted by Crippen LogP contribution is -2.59. The smallest absolute Gasteiger partial charge is 0.112 e. The van der Waals surface area contributed by atoms with Gasteiger partial charge in [0.15, 0.2) is 0 Å². The van der Waals surface area contributed by atoms with E-state index in [0.717, 1.165) is 25.9 Å². The Hall–Kier alpha value is -0.590. The van der Waals surface area contributed by atoms with Crippen molar-refractivity contribution in [2.24, 2.45) is 17.6 Å². The zero-order chi connectivity index (χ0) is 10.3. The third-order valence-corrected chi connectivity index (χ3v) is 4.05. The molecule has 2 atom stereocenters. The quantitative estimate of drug-likeness (QED) is 0.675. The van der Waals surface area contributed by atoms with Crippen LogP contribution in [0.5, 0.6) is 0 Å². The van der Waals surface area contributed by atoms with Crippen LogP contribution in [0.4, 0.5) is 0 Å². The molecule has 0 aromatic carbocycles. The fraction of sp³-hybridized carbons (Fsp3) is 0.909. The number of hydrogen-bond donors (Lipinski definition) is 1. The van der Waals surface area contributed by atoms with Crippen molar-refractivity contribution >= 4 is 0 Å². The van der Waals surface area contributed by atoms with Crippen molar-refractivity contribution in [2.75, 3.05) is 13.1 Å². The molecule has 2 fully saturated rings. The van der Waals surface area contributed by atoms with Crippen LogP contribution in [-0.4, -0.2) is 29.6 Å². The molecule has 2 aliphatic rings. The number of hydrogen-bond acceptors (Lipinski definition) is 3. The molecule has 2 N–H and O–H groups in total. The molecule has 2 unspecified atom stereocenters. The minimum atomic E-state index is -0.522. The maximum atomic E-state index is 9.16. The lowest BCUT2D eigenvalue weighted by atomic mass is 9.79. The van der Waals surface area contributed by atoms with E-state index < -0.39 is 5.54 Å². The molecule has 3 heteroatoms. The van der Waals surface area contributed by atoms with Crippen LogP contribution < -0.4 is 5.73 Å². The van der Waals surface area contributed by atoms with E-state index in [1.807, 2.05) is 0 Å². The van der Waals surface area contributed by atoms with Crippen LogP contribution in [0.2, 0.25) is 0 Å². The minimum absolute atomic E-state index is 0.397. The molecule has 0 aromatic rings. The number of piperidine rings is 1. The van der Waals surface area contributed by atoms with Crippen LogP contribution in [0.1, 0.15) is 26.7 Å². The first-order valence-electron chi connectivity index (χ1n) is 5.52. The first kappa shape index (κ1) is 9.95. The molecule has 2 bridgehead atoms. The van der Waals surface area contributed by atoms with Gasteiger partial charge in [-0.15, -0.1) is 0 Å². The van der Waals surface area contributed by atoms with Gasteiger partial charge in [-0.25, -0.2) is 0 Å². The highest BCUT2D eigenvalue weighted by Crippen LogP contribution is 2.43. The molecule has 0 aromatic heterocycles. The van der Waals surface area contributed by atoms with Crippen LogP contribution in [-0.2, 0) is 0 Å². The molecule has 1 saturated heterocycles. The predicted molar refractivity (Wildman–Crippen MR) is 55.5 cm³/mol. The summed E-state index contributed by atoms with van der Waals surface area (Å²) < 4.78 is 0. The summed E-state index contributed by atoms with van der Waals surface area (Å²) in [4.78, 5) is 2.46. The van der Waals surface area contributed by atoms with Gasteiger partial charge in [0.25, 0.3) is 0 Å². The summed E-state index contributed by atoms with van der Waals surface area (Å²) in [6.07, 6.45) is 2.27. The molecule has 1 aliphatic carbocycles. The van der Waals surface area contributed by atoms with Crippen molar-refractivity contribution in [3.8, 4) is 6.07 Å². The largest absolute Gasteiger partial charge is 0.313 e. The van der Waals surface area contributed by atoms with Crippen molar-refractivity contribution in [3.63, 3.8) is 0 Å². The van der Waals surface area contributed by atoms with E-state index >= 15 is 0 Å². The lowest BCUT2D eigenvalue weighted by molar-refractivity contribution is 0.0895. The van der Waals surface area contributed by atoms with Gasteiger partial charge in [0.2, 0.25) is 0 Å². The summed E-state index contributed by atoms with van der Waals surface area (Å²) in [6, 6.07) is 2.94. The van der Waals surface area contributed by atoms with Crippen molar-refractivity contribution in [1.82, 2.24) is 4.90 Å². The summed E-state index contributed by atoms with van der Waals surface area (Å²) in [7, 11) is 0. The van der Waals surface area contributed by atoms with Gasteiger partial charge in [-0.05, 0) is 26.7 Å². The highest BCUT2D eigenvalue weighted by atomic mass is 15.2. The Morgan fingerprint density at radius 3 is 2.21 bits per heavy atom. The SMILES string of the molecule is CC(C)N1CC2CCC(C1)C2(N)C#N. The van der Waals surface area contributed by atoms with Crippen LogP contribution in [0, 0.1) is 23.2 Å². The number of nitrogens with two attached hydrogens (primary N) is 1. The van der Waals surface area contributed by atoms with Gasteiger partial charge >= 0.3 is 0 Å². The second-order valence-electron chi connectivity index (χ2n) is 5.06. The molecule has 14 heavy (non-hydrogen) atoms. The standard InChI is InChI=1S/C11H19N3/c1-8(2)14-5-9-3-4-10(6-14)11(9,13)7-12/h8-10H,3-6,13H2,1-2H3. The number of fused-ring (bicyclic) bond motifs is 2. The maximum Gasteiger partial charge on any atom is 0.112 e. The van der Waals surface area contributed by atoms with Gasteiger partial charge in [0.1, 0.15) is 5.54 Å². The zero-order valence-electron chi connectivity index (χ0n) is 9.03. The molecular weight excluding hydrogens is 174 g/mol. The molecule has 1 saturated carbocycles. The number of nitrogens with zero attached hydrogens (tertiary/aromatic N) is 2. The van der Waals surface area contributed by atoms with E-state index in [1.54, 1.807) is 0 Å². The summed E-state index contributed by atoms with van der Waals surface area (Å²) >= 11 is 0. The van der Waals surface area contributed by atoms with Crippen molar-refractivity contribution in [2.45, 2.75) is 38.3 Å². The topological polar surface area (TPSA) is 53.0 Å². The Morgan fingerprint density at radius 2 is 1.86 bits per heavy atom. The Bertz CT molecular complexity index is 252.